The zero-order chi connectivity index (χ0) is 34.1. The van der Waals surface area contributed by atoms with E-state index >= 15 is 0 Å². The monoisotopic (exact) mass is 686 g/mol. The van der Waals surface area contributed by atoms with Crippen LogP contribution < -0.4 is 16.7 Å². The van der Waals surface area contributed by atoms with Gasteiger partial charge in [-0.2, -0.15) is 0 Å². The number of hydrogen-bond donors (Lipinski definition) is 3. The number of H-pyrrole nitrogens is 1. The maximum absolute atomic E-state index is 14.1. The molecule has 3 aliphatic rings. The molecule has 11 nitrogen and oxygen atoms in total. The number of nitrogens with zero attached hydrogens (tertiary/aromatic N) is 5. The number of hydrogen-bond acceptors (Lipinski definition) is 6. The minimum Gasteiger partial charge on any atom is -0.397 e. The maximum Gasteiger partial charge on any atom is 0.326 e. The number of nitrogen functional groups attached to an aromatic ring is 1. The van der Waals surface area contributed by atoms with E-state index in [-0.39, 0.29) is 23.7 Å². The number of aromatic nitrogens is 3. The highest BCUT2D eigenvalue weighted by Crippen LogP contribution is 2.29. The maximum atomic E-state index is 14.1. The Balaban J connectivity index is 1.05. The van der Waals surface area contributed by atoms with Crippen molar-refractivity contribution >= 4 is 51.2 Å². The minimum atomic E-state index is -0.739. The molecule has 0 radical (unpaired) electrons. The number of nitrogens with one attached hydrogen (secondary N) is 2. The lowest BCUT2D eigenvalue weighted by molar-refractivity contribution is -0.134. The van der Waals surface area contributed by atoms with Crippen LogP contribution in [0.25, 0.3) is 21.9 Å². The van der Waals surface area contributed by atoms with Crippen LogP contribution in [0.5, 0.6) is 0 Å². The first-order chi connectivity index (χ1) is 23.8. The number of rotatable bonds is 7. The van der Waals surface area contributed by atoms with E-state index in [4.69, 9.17) is 17.3 Å². The molecule has 0 aliphatic carbocycles. The summed E-state index contributed by atoms with van der Waals surface area (Å²) in [7, 11) is 0. The van der Waals surface area contributed by atoms with E-state index < -0.39 is 6.04 Å². The van der Waals surface area contributed by atoms with Gasteiger partial charge in [0.25, 0.3) is 0 Å². The van der Waals surface area contributed by atoms with E-state index in [2.05, 4.69) is 20.2 Å². The zero-order valence-corrected chi connectivity index (χ0v) is 29.1. The first-order valence-corrected chi connectivity index (χ1v) is 18.3. The molecule has 4 aromatic rings. The van der Waals surface area contributed by atoms with E-state index in [0.717, 1.165) is 65.4 Å². The van der Waals surface area contributed by atoms with Crippen LogP contribution in [-0.4, -0.2) is 92.5 Å². The number of fused-ring (bicyclic) bond motifs is 3. The van der Waals surface area contributed by atoms with Gasteiger partial charge in [0.15, 0.2) is 0 Å². The Hall–Kier alpha value is -4.09. The van der Waals surface area contributed by atoms with Crippen molar-refractivity contribution in [1.29, 1.82) is 0 Å². The third kappa shape index (κ3) is 6.88. The van der Waals surface area contributed by atoms with E-state index in [0.29, 0.717) is 62.2 Å². The number of imidazole rings is 1. The number of carbonyl (C=O) groups is 2. The van der Waals surface area contributed by atoms with Gasteiger partial charge in [-0.25, -0.2) is 9.59 Å². The van der Waals surface area contributed by atoms with Gasteiger partial charge in [-0.15, -0.1) is 0 Å². The molecule has 4 N–H and O–H groups in total. The number of piperidine rings is 3. The van der Waals surface area contributed by atoms with E-state index in [9.17, 15) is 14.4 Å². The Labute approximate surface area is 291 Å². The van der Waals surface area contributed by atoms with Gasteiger partial charge in [0.1, 0.15) is 6.04 Å². The Bertz CT molecular complexity index is 1880. The molecule has 260 valence electrons. The third-order valence-corrected chi connectivity index (χ3v) is 11.3. The Morgan fingerprint density at radius 3 is 2.41 bits per heavy atom. The summed E-state index contributed by atoms with van der Waals surface area (Å²) >= 11 is 6.51. The number of carbonyl (C=O) groups excluding carboxylic acids is 2. The van der Waals surface area contributed by atoms with Crippen LogP contribution >= 0.6 is 11.6 Å². The summed E-state index contributed by atoms with van der Waals surface area (Å²) in [5.74, 6) is -0.0589. The molecule has 3 amide bonds. The summed E-state index contributed by atoms with van der Waals surface area (Å²) in [6.45, 7) is 6.62. The fourth-order valence-electron chi connectivity index (χ4n) is 8.19. The summed E-state index contributed by atoms with van der Waals surface area (Å²) in [4.78, 5) is 55.0. The summed E-state index contributed by atoms with van der Waals surface area (Å²) in [5.41, 5.74) is 10.8. The molecule has 1 atom stereocenters. The second-order valence-electron chi connectivity index (χ2n) is 13.9. The molecule has 0 saturated carbocycles. The van der Waals surface area contributed by atoms with Gasteiger partial charge >= 0.3 is 11.7 Å². The number of amides is 3. The fourth-order valence-corrected chi connectivity index (χ4v) is 8.45. The minimum absolute atomic E-state index is 0.0589. The first-order valence-electron chi connectivity index (χ1n) is 17.9. The quantitative estimate of drug-likeness (QED) is 0.232. The highest BCUT2D eigenvalue weighted by Gasteiger charge is 2.34. The molecule has 3 saturated heterocycles. The van der Waals surface area contributed by atoms with Crippen molar-refractivity contribution in [3.63, 3.8) is 0 Å². The van der Waals surface area contributed by atoms with Crippen LogP contribution in [0.2, 0.25) is 5.02 Å². The van der Waals surface area contributed by atoms with Gasteiger partial charge in [0.2, 0.25) is 5.91 Å². The zero-order valence-electron chi connectivity index (χ0n) is 28.3. The number of likely N-dealkylation sites (tertiary alicyclic amines) is 3. The Kier molecular flexibility index (Phi) is 9.82. The van der Waals surface area contributed by atoms with Crippen molar-refractivity contribution in [2.45, 2.75) is 82.8 Å². The predicted octanol–water partition coefficient (Wildman–Crippen LogP) is 5.11. The Morgan fingerprint density at radius 2 is 1.67 bits per heavy atom. The third-order valence-electron chi connectivity index (χ3n) is 11.0. The molecule has 0 unspecified atom stereocenters. The lowest BCUT2D eigenvalue weighted by Gasteiger charge is -2.41. The van der Waals surface area contributed by atoms with Gasteiger partial charge in [-0.05, 0) is 81.3 Å². The number of aromatic amines is 1. The second-order valence-corrected chi connectivity index (χ2v) is 14.3. The fraction of sp³-hybridized carbons (Fsp3) is 0.514. The molecule has 2 aromatic carbocycles. The highest BCUT2D eigenvalue weighted by atomic mass is 35.5. The molecule has 2 aromatic heterocycles. The lowest BCUT2D eigenvalue weighted by atomic mass is 9.97. The van der Waals surface area contributed by atoms with Crippen molar-refractivity contribution < 1.29 is 9.59 Å². The van der Waals surface area contributed by atoms with Gasteiger partial charge in [0.05, 0.1) is 33.5 Å². The number of aryl methyl sites for hydroxylation is 1. The predicted molar refractivity (Wildman–Crippen MR) is 194 cm³/mol. The molecule has 5 heterocycles. The van der Waals surface area contributed by atoms with Crippen LogP contribution in [0.3, 0.4) is 0 Å². The Morgan fingerprint density at radius 1 is 0.980 bits per heavy atom. The molecule has 49 heavy (non-hydrogen) atoms. The number of anilines is 1. The van der Waals surface area contributed by atoms with Crippen molar-refractivity contribution in [3.05, 3.63) is 69.2 Å². The number of nitrogens with two attached hydrogens (primary N) is 1. The lowest BCUT2D eigenvalue weighted by Crippen LogP contribution is -2.56. The van der Waals surface area contributed by atoms with E-state index in [1.54, 1.807) is 15.7 Å². The van der Waals surface area contributed by atoms with E-state index in [1.807, 2.05) is 48.2 Å². The first kappa shape index (κ1) is 33.4. The topological polar surface area (TPSA) is 133 Å². The molecular formula is C37H47ClN8O3. The largest absolute Gasteiger partial charge is 0.397 e. The van der Waals surface area contributed by atoms with E-state index in [1.165, 1.54) is 19.3 Å². The average Bonchev–Trinajstić information content (AvgIpc) is 3.49. The van der Waals surface area contributed by atoms with Crippen LogP contribution in [0.1, 0.15) is 69.0 Å². The summed E-state index contributed by atoms with van der Waals surface area (Å²) in [6, 6.07) is 11.0. The van der Waals surface area contributed by atoms with Crippen LogP contribution in [0.15, 0.2) is 47.4 Å². The van der Waals surface area contributed by atoms with Crippen molar-refractivity contribution in [2.24, 2.45) is 0 Å². The van der Waals surface area contributed by atoms with Gasteiger partial charge < -0.3 is 30.7 Å². The number of pyridine rings is 1. The van der Waals surface area contributed by atoms with Crippen LogP contribution in [-0.2, 0) is 17.6 Å². The van der Waals surface area contributed by atoms with Crippen LogP contribution in [0.4, 0.5) is 10.5 Å². The molecule has 0 spiro atoms. The van der Waals surface area contributed by atoms with Gasteiger partial charge in [-0.1, -0.05) is 49.2 Å². The van der Waals surface area contributed by atoms with Crippen molar-refractivity contribution in [1.82, 2.24) is 34.6 Å². The standard InChI is InChI=1S/C37H47ClN8O3/c1-2-25-20-24(21-29(38)33(25)39)22-31(35(47)44-16-10-26(11-17-44)43-14-6-3-7-15-43)41-36(48)45-18-12-27(13-19-45)46-32-23-40-30-9-5-4-8-28(30)34(32)42-37(46)49/h4-5,8-9,20-21,23,26-27,31H,2-3,6-7,10-19,22,39H2,1H3,(H,41,48)(H,42,49)/t31-/m1/s1. The molecule has 0 bridgehead atoms. The highest BCUT2D eigenvalue weighted by molar-refractivity contribution is 6.33. The molecule has 3 aliphatic heterocycles. The SMILES string of the molecule is CCc1cc(C[C@@H](NC(=O)N2CCC(n3c(=O)[nH]c4c5ccccc5ncc43)CC2)C(=O)N2CCC(N3CCCCC3)CC2)cc(Cl)c1N. The number of para-hydroxylation sites is 1. The summed E-state index contributed by atoms with van der Waals surface area (Å²) < 4.78 is 1.79. The number of halogens is 1. The molecule has 7 rings (SSSR count). The number of benzene rings is 2. The molecular weight excluding hydrogens is 640 g/mol. The number of urea groups is 1. The average molecular weight is 687 g/mol. The van der Waals surface area contributed by atoms with Gasteiger partial charge in [-0.3, -0.25) is 14.3 Å². The van der Waals surface area contributed by atoms with Crippen molar-refractivity contribution in [3.8, 4) is 0 Å². The summed E-state index contributed by atoms with van der Waals surface area (Å²) in [5, 5.41) is 4.49. The smallest absolute Gasteiger partial charge is 0.326 e. The molecule has 12 heteroatoms. The second kappa shape index (κ2) is 14.4. The van der Waals surface area contributed by atoms with Gasteiger partial charge in [0, 0.05) is 50.1 Å². The summed E-state index contributed by atoms with van der Waals surface area (Å²) in [6.07, 6.45) is 9.74. The normalized spacial score (nSPS) is 19.1. The molecule has 3 fully saturated rings. The van der Waals surface area contributed by atoms with Crippen LogP contribution in [0, 0.1) is 0 Å². The van der Waals surface area contributed by atoms with Crippen molar-refractivity contribution in [2.75, 3.05) is 45.0 Å².